The van der Waals surface area contributed by atoms with Crippen LogP contribution in [-0.2, 0) is 9.53 Å². The SMILES string of the molecule is CCCCCCCCCC(=O)OC(C)c1ccc(-c2ccccc2-c2ccc(OCCCCC)cc2)cc1. The van der Waals surface area contributed by atoms with Crippen LogP contribution >= 0.6 is 0 Å². The summed E-state index contributed by atoms with van der Waals surface area (Å²) in [6, 6.07) is 25.3. The number of unbranched alkanes of at least 4 members (excludes halogenated alkanes) is 8. The molecule has 0 bridgehead atoms. The third kappa shape index (κ3) is 9.67. The third-order valence-corrected chi connectivity index (χ3v) is 7.09. The molecule has 1 unspecified atom stereocenters. The maximum Gasteiger partial charge on any atom is 0.306 e. The summed E-state index contributed by atoms with van der Waals surface area (Å²) in [4.78, 5) is 12.3. The number of benzene rings is 3. The van der Waals surface area contributed by atoms with Crippen LogP contribution < -0.4 is 4.74 Å². The van der Waals surface area contributed by atoms with E-state index < -0.39 is 0 Å². The van der Waals surface area contributed by atoms with Crippen molar-refractivity contribution in [2.45, 2.75) is 97.5 Å². The molecule has 3 aromatic rings. The molecule has 0 fully saturated rings. The number of carbonyl (C=O) groups excluding carboxylic acids is 1. The van der Waals surface area contributed by atoms with Crippen LogP contribution in [0.15, 0.2) is 72.8 Å². The normalized spacial score (nSPS) is 11.8. The van der Waals surface area contributed by atoms with Crippen molar-refractivity contribution in [1.29, 1.82) is 0 Å². The lowest BCUT2D eigenvalue weighted by Crippen LogP contribution is -2.08. The standard InChI is InChI=1S/C35H46O3/c1-4-6-8-9-10-11-12-18-35(36)38-28(3)29-19-21-30(22-20-29)33-16-13-14-17-34(33)31-23-25-32(26-24-31)37-27-15-7-5-2/h13-14,16-17,19-26,28H,4-12,15,18,27H2,1-3H3. The van der Waals surface area contributed by atoms with Gasteiger partial charge in [0.15, 0.2) is 0 Å². The zero-order chi connectivity index (χ0) is 27.0. The second-order valence-corrected chi connectivity index (χ2v) is 10.3. The topological polar surface area (TPSA) is 35.5 Å². The predicted molar refractivity (Wildman–Crippen MR) is 159 cm³/mol. The fraction of sp³-hybridized carbons (Fsp3) is 0.457. The van der Waals surface area contributed by atoms with Crippen molar-refractivity contribution in [3.8, 4) is 28.0 Å². The molecular formula is C35H46O3. The minimum Gasteiger partial charge on any atom is -0.494 e. The maximum atomic E-state index is 12.3. The van der Waals surface area contributed by atoms with Crippen molar-refractivity contribution in [2.75, 3.05) is 6.61 Å². The largest absolute Gasteiger partial charge is 0.494 e. The molecule has 3 nitrogen and oxygen atoms in total. The van der Waals surface area contributed by atoms with Crippen LogP contribution in [-0.4, -0.2) is 12.6 Å². The van der Waals surface area contributed by atoms with Gasteiger partial charge in [-0.2, -0.15) is 0 Å². The van der Waals surface area contributed by atoms with Crippen LogP contribution in [0.4, 0.5) is 0 Å². The van der Waals surface area contributed by atoms with Crippen molar-refractivity contribution in [3.63, 3.8) is 0 Å². The molecule has 0 aliphatic rings. The highest BCUT2D eigenvalue weighted by molar-refractivity contribution is 5.83. The van der Waals surface area contributed by atoms with Gasteiger partial charge in [-0.15, -0.1) is 0 Å². The highest BCUT2D eigenvalue weighted by atomic mass is 16.5. The molecule has 0 spiro atoms. The first-order valence-corrected chi connectivity index (χ1v) is 14.7. The van der Waals surface area contributed by atoms with Gasteiger partial charge in [0.2, 0.25) is 0 Å². The molecule has 0 saturated carbocycles. The van der Waals surface area contributed by atoms with Crippen LogP contribution in [0.1, 0.15) is 103 Å². The van der Waals surface area contributed by atoms with Crippen molar-refractivity contribution < 1.29 is 14.3 Å². The van der Waals surface area contributed by atoms with E-state index in [1.54, 1.807) is 0 Å². The Morgan fingerprint density at radius 2 is 1.18 bits per heavy atom. The van der Waals surface area contributed by atoms with E-state index in [1.807, 2.05) is 6.92 Å². The first kappa shape index (κ1) is 29.5. The number of esters is 1. The van der Waals surface area contributed by atoms with Gasteiger partial charge in [0.25, 0.3) is 0 Å². The molecule has 3 aromatic carbocycles. The summed E-state index contributed by atoms with van der Waals surface area (Å²) < 4.78 is 11.6. The lowest BCUT2D eigenvalue weighted by atomic mass is 9.94. The quantitative estimate of drug-likeness (QED) is 0.133. The summed E-state index contributed by atoms with van der Waals surface area (Å²) in [6.45, 7) is 7.16. The molecule has 38 heavy (non-hydrogen) atoms. The molecule has 0 heterocycles. The van der Waals surface area contributed by atoms with Crippen LogP contribution in [0.3, 0.4) is 0 Å². The first-order chi connectivity index (χ1) is 18.6. The second-order valence-electron chi connectivity index (χ2n) is 10.3. The summed E-state index contributed by atoms with van der Waals surface area (Å²) in [5.41, 5.74) is 5.69. The van der Waals surface area contributed by atoms with Gasteiger partial charge < -0.3 is 9.47 Å². The van der Waals surface area contributed by atoms with Gasteiger partial charge in [-0.25, -0.2) is 0 Å². The number of hydrogen-bond donors (Lipinski definition) is 0. The van der Waals surface area contributed by atoms with E-state index >= 15 is 0 Å². The number of ether oxygens (including phenoxy) is 2. The smallest absolute Gasteiger partial charge is 0.306 e. The predicted octanol–water partition coefficient (Wildman–Crippen LogP) is 10.3. The fourth-order valence-corrected chi connectivity index (χ4v) is 4.74. The van der Waals surface area contributed by atoms with E-state index in [1.165, 1.54) is 61.6 Å². The molecule has 0 aliphatic heterocycles. The van der Waals surface area contributed by atoms with Crippen LogP contribution in [0.5, 0.6) is 5.75 Å². The van der Waals surface area contributed by atoms with Crippen LogP contribution in [0.2, 0.25) is 0 Å². The molecule has 204 valence electrons. The zero-order valence-corrected chi connectivity index (χ0v) is 23.7. The molecule has 1 atom stereocenters. The number of hydrogen-bond acceptors (Lipinski definition) is 3. The molecule has 0 saturated heterocycles. The lowest BCUT2D eigenvalue weighted by Gasteiger charge is -2.15. The van der Waals surface area contributed by atoms with E-state index in [9.17, 15) is 4.79 Å². The summed E-state index contributed by atoms with van der Waals surface area (Å²) in [7, 11) is 0. The second kappa shape index (κ2) is 16.7. The van der Waals surface area contributed by atoms with Gasteiger partial charge in [-0.3, -0.25) is 4.79 Å². The summed E-state index contributed by atoms with van der Waals surface area (Å²) >= 11 is 0. The average Bonchev–Trinajstić information content (AvgIpc) is 2.95. The molecule has 3 heteroatoms. The average molecular weight is 515 g/mol. The van der Waals surface area contributed by atoms with E-state index in [0.717, 1.165) is 42.7 Å². The van der Waals surface area contributed by atoms with E-state index in [0.29, 0.717) is 6.42 Å². The van der Waals surface area contributed by atoms with E-state index in [4.69, 9.17) is 9.47 Å². The van der Waals surface area contributed by atoms with Crippen molar-refractivity contribution >= 4 is 5.97 Å². The first-order valence-electron chi connectivity index (χ1n) is 14.7. The van der Waals surface area contributed by atoms with Gasteiger partial charge in [0, 0.05) is 6.42 Å². The Hall–Kier alpha value is -3.07. The number of rotatable bonds is 17. The molecule has 0 N–H and O–H groups in total. The Morgan fingerprint density at radius 1 is 0.658 bits per heavy atom. The number of carbonyl (C=O) groups is 1. The van der Waals surface area contributed by atoms with Gasteiger partial charge in [0.1, 0.15) is 11.9 Å². The Bertz CT molecular complexity index is 1070. The maximum absolute atomic E-state index is 12.3. The molecule has 0 amide bonds. The molecule has 3 rings (SSSR count). The minimum absolute atomic E-state index is 0.0988. The highest BCUT2D eigenvalue weighted by Crippen LogP contribution is 2.33. The lowest BCUT2D eigenvalue weighted by molar-refractivity contribution is -0.148. The van der Waals surface area contributed by atoms with Crippen molar-refractivity contribution in [3.05, 3.63) is 78.4 Å². The Balaban J connectivity index is 1.55. The summed E-state index contributed by atoms with van der Waals surface area (Å²) in [5.74, 6) is 0.820. The van der Waals surface area contributed by atoms with Crippen LogP contribution in [0.25, 0.3) is 22.3 Å². The van der Waals surface area contributed by atoms with Gasteiger partial charge >= 0.3 is 5.97 Å². The third-order valence-electron chi connectivity index (χ3n) is 7.09. The Morgan fingerprint density at radius 3 is 1.79 bits per heavy atom. The molecule has 0 radical (unpaired) electrons. The molecule has 0 aliphatic carbocycles. The van der Waals surface area contributed by atoms with Gasteiger partial charge in [0.05, 0.1) is 6.61 Å². The summed E-state index contributed by atoms with van der Waals surface area (Å²) in [5, 5.41) is 0. The minimum atomic E-state index is -0.249. The zero-order valence-electron chi connectivity index (χ0n) is 23.7. The van der Waals surface area contributed by atoms with Crippen molar-refractivity contribution in [2.24, 2.45) is 0 Å². The van der Waals surface area contributed by atoms with E-state index in [-0.39, 0.29) is 12.1 Å². The fourth-order valence-electron chi connectivity index (χ4n) is 4.74. The van der Waals surface area contributed by atoms with Gasteiger partial charge in [-0.1, -0.05) is 126 Å². The van der Waals surface area contributed by atoms with Crippen LogP contribution in [0, 0.1) is 0 Å². The Labute approximate surface area is 230 Å². The highest BCUT2D eigenvalue weighted by Gasteiger charge is 2.13. The summed E-state index contributed by atoms with van der Waals surface area (Å²) in [6.07, 6.45) is 12.1. The monoisotopic (exact) mass is 514 g/mol. The van der Waals surface area contributed by atoms with E-state index in [2.05, 4.69) is 86.6 Å². The molecular weight excluding hydrogens is 468 g/mol. The molecule has 0 aromatic heterocycles. The van der Waals surface area contributed by atoms with Crippen molar-refractivity contribution in [1.82, 2.24) is 0 Å². The Kier molecular flexibility index (Phi) is 13.0. The van der Waals surface area contributed by atoms with Gasteiger partial charge in [-0.05, 0) is 59.7 Å².